The lowest BCUT2D eigenvalue weighted by Crippen LogP contribution is -2.11. The van der Waals surface area contributed by atoms with Gasteiger partial charge in [-0.2, -0.15) is 14.0 Å². The zero-order valence-electron chi connectivity index (χ0n) is 6.32. The van der Waals surface area contributed by atoms with E-state index in [-0.39, 0.29) is 0 Å². The first-order valence-electron chi connectivity index (χ1n) is 2.59. The zero-order chi connectivity index (χ0) is 9.99. The van der Waals surface area contributed by atoms with Gasteiger partial charge in [0.25, 0.3) is 0 Å². The van der Waals surface area contributed by atoms with Gasteiger partial charge in [-0.3, -0.25) is 0 Å². The third-order valence-corrected chi connectivity index (χ3v) is 2.69. The molecule has 0 aromatic carbocycles. The van der Waals surface area contributed by atoms with Crippen molar-refractivity contribution in [2.75, 3.05) is 14.1 Å². The summed E-state index contributed by atoms with van der Waals surface area (Å²) in [6.07, 6.45) is 0. The van der Waals surface area contributed by atoms with Crippen LogP contribution < -0.4 is 0 Å². The smallest absolute Gasteiger partial charge is 0.302 e. The van der Waals surface area contributed by atoms with Gasteiger partial charge in [-0.15, -0.1) is 0 Å². The van der Waals surface area contributed by atoms with Crippen LogP contribution in [-0.2, 0) is 18.1 Å². The molecule has 0 aliphatic carbocycles. The highest BCUT2D eigenvalue weighted by molar-refractivity contribution is 7.60. The summed E-state index contributed by atoms with van der Waals surface area (Å²) < 4.78 is 28.2. The zero-order valence-corrected chi connectivity index (χ0v) is 8.11. The predicted molar refractivity (Wildman–Crippen MR) is 37.7 cm³/mol. The molecule has 1 unspecified atom stereocenters. The van der Waals surface area contributed by atoms with Gasteiger partial charge in [0, 0.05) is 14.1 Å². The molecule has 74 valence electrons. The Bertz CT molecular complexity index is 232. The molecule has 0 aliphatic rings. The topological polar surface area (TPSA) is 117 Å². The largest absolute Gasteiger partial charge is 0.497 e. The summed E-state index contributed by atoms with van der Waals surface area (Å²) in [5.74, 6) is 0. The molecule has 0 fully saturated rings. The first-order valence-corrected chi connectivity index (χ1v) is 5.62. The SMILES string of the molecule is CN(C)OP(=O)(O)OP(=O)(O)O. The molecule has 1 atom stereocenters. The molecule has 0 amide bonds. The highest BCUT2D eigenvalue weighted by Crippen LogP contribution is 2.57. The van der Waals surface area contributed by atoms with Crippen molar-refractivity contribution in [2.24, 2.45) is 0 Å². The Morgan fingerprint density at radius 1 is 1.17 bits per heavy atom. The summed E-state index contributed by atoms with van der Waals surface area (Å²) in [5.41, 5.74) is 0. The van der Waals surface area contributed by atoms with E-state index in [1.807, 2.05) is 0 Å². The molecule has 0 saturated carbocycles. The van der Waals surface area contributed by atoms with Gasteiger partial charge in [-0.05, 0) is 0 Å². The molecule has 0 bridgehead atoms. The average Bonchev–Trinajstić information content (AvgIpc) is 1.48. The van der Waals surface area contributed by atoms with Gasteiger partial charge >= 0.3 is 15.6 Å². The van der Waals surface area contributed by atoms with E-state index < -0.39 is 15.6 Å². The molecule has 3 N–H and O–H groups in total. The van der Waals surface area contributed by atoms with E-state index in [0.29, 0.717) is 0 Å². The number of phosphoric acid groups is 2. The Hall–Kier alpha value is 0.220. The van der Waals surface area contributed by atoms with Gasteiger partial charge in [0.05, 0.1) is 0 Å². The first kappa shape index (κ1) is 12.2. The summed E-state index contributed by atoms with van der Waals surface area (Å²) >= 11 is 0. The molecule has 0 radical (unpaired) electrons. The fourth-order valence-corrected chi connectivity index (χ4v) is 1.96. The third kappa shape index (κ3) is 6.90. The van der Waals surface area contributed by atoms with Crippen molar-refractivity contribution in [1.82, 2.24) is 5.06 Å². The fraction of sp³-hybridized carbons (Fsp3) is 1.00. The lowest BCUT2D eigenvalue weighted by Gasteiger charge is -2.15. The van der Waals surface area contributed by atoms with E-state index in [2.05, 4.69) is 8.94 Å². The van der Waals surface area contributed by atoms with Crippen molar-refractivity contribution in [2.45, 2.75) is 0 Å². The van der Waals surface area contributed by atoms with Gasteiger partial charge in [0.1, 0.15) is 0 Å². The maximum absolute atomic E-state index is 10.6. The summed E-state index contributed by atoms with van der Waals surface area (Å²) in [5, 5.41) is 0.788. The molecule has 0 aliphatic heterocycles. The van der Waals surface area contributed by atoms with Crippen LogP contribution >= 0.6 is 15.6 Å². The Balaban J connectivity index is 4.25. The highest BCUT2D eigenvalue weighted by Gasteiger charge is 2.33. The second kappa shape index (κ2) is 3.95. The van der Waals surface area contributed by atoms with Gasteiger partial charge in [-0.1, -0.05) is 0 Å². The molecule has 0 saturated heterocycles. The molecule has 0 aromatic heterocycles. The summed E-state index contributed by atoms with van der Waals surface area (Å²) in [6.45, 7) is 0. The number of hydrogen-bond donors (Lipinski definition) is 3. The molecule has 0 spiro atoms. The lowest BCUT2D eigenvalue weighted by atomic mass is 11.2. The molecular weight excluding hydrogens is 212 g/mol. The lowest BCUT2D eigenvalue weighted by molar-refractivity contribution is -0.0325. The van der Waals surface area contributed by atoms with Crippen molar-refractivity contribution in [3.05, 3.63) is 0 Å². The molecule has 10 heteroatoms. The first-order chi connectivity index (χ1) is 5.12. The number of nitrogens with zero attached hydrogens (tertiary/aromatic N) is 1. The van der Waals surface area contributed by atoms with E-state index in [4.69, 9.17) is 14.7 Å². The standard InChI is InChI=1S/C2H9NO7P2/c1-3(2)9-12(7,8)10-11(4,5)6/h1-2H3,(H,7,8)(H2,4,5,6). The maximum atomic E-state index is 10.6. The fourth-order valence-electron chi connectivity index (χ4n) is 0.356. The summed E-state index contributed by atoms with van der Waals surface area (Å²) in [6, 6.07) is 0. The molecular formula is C2H9NO7P2. The van der Waals surface area contributed by atoms with Crippen LogP contribution in [0.2, 0.25) is 0 Å². The van der Waals surface area contributed by atoms with Gasteiger partial charge in [0.2, 0.25) is 0 Å². The van der Waals surface area contributed by atoms with Crippen LogP contribution in [0.3, 0.4) is 0 Å². The van der Waals surface area contributed by atoms with E-state index in [9.17, 15) is 9.13 Å². The minimum Gasteiger partial charge on any atom is -0.302 e. The Kier molecular flexibility index (Phi) is 4.02. The van der Waals surface area contributed by atoms with E-state index in [0.717, 1.165) is 5.06 Å². The van der Waals surface area contributed by atoms with Crippen LogP contribution in [0.15, 0.2) is 0 Å². The minimum absolute atomic E-state index is 0.788. The normalized spacial score (nSPS) is 17.8. The number of rotatable bonds is 4. The van der Waals surface area contributed by atoms with E-state index in [1.54, 1.807) is 0 Å². The van der Waals surface area contributed by atoms with E-state index >= 15 is 0 Å². The van der Waals surface area contributed by atoms with Crippen LogP contribution in [0.25, 0.3) is 0 Å². The van der Waals surface area contributed by atoms with Crippen LogP contribution in [0.1, 0.15) is 0 Å². The van der Waals surface area contributed by atoms with Crippen LogP contribution in [-0.4, -0.2) is 33.8 Å². The second-order valence-corrected chi connectivity index (χ2v) is 4.67. The maximum Gasteiger partial charge on any atom is 0.497 e. The van der Waals surface area contributed by atoms with Crippen LogP contribution in [0.4, 0.5) is 0 Å². The minimum atomic E-state index is -5.01. The number of hydroxylamine groups is 2. The van der Waals surface area contributed by atoms with Crippen LogP contribution in [0.5, 0.6) is 0 Å². The molecule has 0 rings (SSSR count). The van der Waals surface area contributed by atoms with Gasteiger partial charge in [-0.25, -0.2) is 9.13 Å². The third-order valence-electron chi connectivity index (χ3n) is 0.476. The average molecular weight is 221 g/mol. The Morgan fingerprint density at radius 3 is 1.83 bits per heavy atom. The molecule has 0 heterocycles. The Labute approximate surface area is 68.5 Å². The monoisotopic (exact) mass is 221 g/mol. The van der Waals surface area contributed by atoms with Crippen molar-refractivity contribution < 1.29 is 32.7 Å². The predicted octanol–water partition coefficient (Wildman–Crippen LogP) is -0.311. The van der Waals surface area contributed by atoms with Crippen molar-refractivity contribution >= 4 is 15.6 Å². The number of hydrogen-bond acceptors (Lipinski definition) is 5. The molecule has 12 heavy (non-hydrogen) atoms. The van der Waals surface area contributed by atoms with E-state index in [1.165, 1.54) is 14.1 Å². The highest BCUT2D eigenvalue weighted by atomic mass is 31.3. The molecule has 8 nitrogen and oxygen atoms in total. The summed E-state index contributed by atoms with van der Waals surface area (Å²) in [7, 11) is -7.20. The van der Waals surface area contributed by atoms with Crippen molar-refractivity contribution in [1.29, 1.82) is 0 Å². The van der Waals surface area contributed by atoms with Crippen LogP contribution in [0, 0.1) is 0 Å². The summed E-state index contributed by atoms with van der Waals surface area (Å²) in [4.78, 5) is 24.8. The van der Waals surface area contributed by atoms with Crippen molar-refractivity contribution in [3.63, 3.8) is 0 Å². The van der Waals surface area contributed by atoms with Gasteiger partial charge in [0.15, 0.2) is 0 Å². The Morgan fingerprint density at radius 2 is 1.58 bits per heavy atom. The van der Waals surface area contributed by atoms with Crippen molar-refractivity contribution in [3.8, 4) is 0 Å². The quantitative estimate of drug-likeness (QED) is 0.437. The second-order valence-electron chi connectivity index (χ2n) is 1.93. The molecule has 0 aromatic rings. The van der Waals surface area contributed by atoms with Gasteiger partial charge < -0.3 is 14.7 Å².